The molecule has 0 saturated carbocycles. The molecule has 1 amide bonds. The van der Waals surface area contributed by atoms with Crippen LogP contribution in [0.3, 0.4) is 0 Å². The van der Waals surface area contributed by atoms with Crippen LogP contribution in [0.5, 0.6) is 5.88 Å². The molecule has 5 heteroatoms. The van der Waals surface area contributed by atoms with E-state index in [1.807, 2.05) is 60.7 Å². The molecular formula is C24H26N2O3. The molecule has 1 saturated heterocycles. The number of carbonyl (C=O) groups is 1. The number of benzene rings is 2. The summed E-state index contributed by atoms with van der Waals surface area (Å²) in [7, 11) is 0. The predicted molar refractivity (Wildman–Crippen MR) is 113 cm³/mol. The molecule has 1 fully saturated rings. The van der Waals surface area contributed by atoms with E-state index in [2.05, 4.69) is 17.2 Å². The molecule has 5 nitrogen and oxygen atoms in total. The van der Waals surface area contributed by atoms with Crippen molar-refractivity contribution >= 4 is 16.8 Å². The molecule has 150 valence electrons. The van der Waals surface area contributed by atoms with Gasteiger partial charge < -0.3 is 14.8 Å². The molecule has 29 heavy (non-hydrogen) atoms. The standard InChI is InChI=1S/C24H26N2O3/c1-2-21(26-24(27)18-8-4-3-5-9-18)20-14-23(29-16-17-12-13-28-15-17)25-22-11-7-6-10-19(20)22/h3-11,14,17,21H,2,12-13,15-16H2,1H3,(H,26,27)/t17-,21-/m1/s1. The first kappa shape index (κ1) is 19.4. The molecule has 1 aliphatic heterocycles. The number of nitrogens with one attached hydrogen (secondary N) is 1. The van der Waals surface area contributed by atoms with Crippen LogP contribution in [-0.2, 0) is 4.74 Å². The highest BCUT2D eigenvalue weighted by Crippen LogP contribution is 2.29. The maximum atomic E-state index is 12.7. The van der Waals surface area contributed by atoms with E-state index in [1.54, 1.807) is 0 Å². The van der Waals surface area contributed by atoms with Crippen molar-refractivity contribution in [3.63, 3.8) is 0 Å². The van der Waals surface area contributed by atoms with E-state index in [0.717, 1.165) is 42.5 Å². The van der Waals surface area contributed by atoms with Gasteiger partial charge in [-0.05, 0) is 36.6 Å². The van der Waals surface area contributed by atoms with Crippen LogP contribution in [0.4, 0.5) is 0 Å². The highest BCUT2D eigenvalue weighted by molar-refractivity contribution is 5.95. The molecule has 0 radical (unpaired) electrons. The molecule has 2 aromatic carbocycles. The van der Waals surface area contributed by atoms with Gasteiger partial charge in [-0.3, -0.25) is 4.79 Å². The first-order valence-electron chi connectivity index (χ1n) is 10.2. The van der Waals surface area contributed by atoms with Crippen LogP contribution >= 0.6 is 0 Å². The number of fused-ring (bicyclic) bond motifs is 1. The summed E-state index contributed by atoms with van der Waals surface area (Å²) in [6.07, 6.45) is 1.79. The van der Waals surface area contributed by atoms with Crippen molar-refractivity contribution in [1.82, 2.24) is 10.3 Å². The third-order valence-electron chi connectivity index (χ3n) is 5.34. The van der Waals surface area contributed by atoms with Gasteiger partial charge in [-0.25, -0.2) is 4.98 Å². The van der Waals surface area contributed by atoms with Gasteiger partial charge in [0.05, 0.1) is 24.8 Å². The second-order valence-corrected chi connectivity index (χ2v) is 7.41. The average Bonchev–Trinajstić information content (AvgIpc) is 3.30. The molecule has 0 unspecified atom stereocenters. The van der Waals surface area contributed by atoms with Crippen LogP contribution in [-0.4, -0.2) is 30.7 Å². The molecule has 0 aliphatic carbocycles. The van der Waals surface area contributed by atoms with Gasteiger partial charge in [0.1, 0.15) is 0 Å². The summed E-state index contributed by atoms with van der Waals surface area (Å²) < 4.78 is 11.5. The fourth-order valence-electron chi connectivity index (χ4n) is 3.69. The fraction of sp³-hybridized carbons (Fsp3) is 0.333. The monoisotopic (exact) mass is 390 g/mol. The highest BCUT2D eigenvalue weighted by Gasteiger charge is 2.20. The Bertz CT molecular complexity index is 968. The van der Waals surface area contributed by atoms with Gasteiger partial charge in [-0.2, -0.15) is 0 Å². The quantitative estimate of drug-likeness (QED) is 0.644. The summed E-state index contributed by atoms with van der Waals surface area (Å²) in [5.74, 6) is 0.924. The predicted octanol–water partition coefficient (Wildman–Crippen LogP) is 4.53. The van der Waals surface area contributed by atoms with E-state index in [1.165, 1.54) is 0 Å². The number of hydrogen-bond acceptors (Lipinski definition) is 4. The van der Waals surface area contributed by atoms with Crippen molar-refractivity contribution in [3.05, 3.63) is 71.8 Å². The zero-order valence-corrected chi connectivity index (χ0v) is 16.6. The van der Waals surface area contributed by atoms with Crippen molar-refractivity contribution in [2.75, 3.05) is 19.8 Å². The van der Waals surface area contributed by atoms with E-state index in [0.29, 0.717) is 24.0 Å². The van der Waals surface area contributed by atoms with Gasteiger partial charge in [0.25, 0.3) is 5.91 Å². The maximum Gasteiger partial charge on any atom is 0.251 e. The number of nitrogens with zero attached hydrogens (tertiary/aromatic N) is 1. The number of hydrogen-bond donors (Lipinski definition) is 1. The molecule has 1 aromatic heterocycles. The lowest BCUT2D eigenvalue weighted by Crippen LogP contribution is -2.28. The van der Waals surface area contributed by atoms with Crippen LogP contribution < -0.4 is 10.1 Å². The highest BCUT2D eigenvalue weighted by atomic mass is 16.5. The Morgan fingerprint density at radius 3 is 2.76 bits per heavy atom. The summed E-state index contributed by atoms with van der Waals surface area (Å²) in [6.45, 7) is 4.21. The zero-order chi connectivity index (χ0) is 20.1. The summed E-state index contributed by atoms with van der Waals surface area (Å²) in [5, 5.41) is 4.21. The summed E-state index contributed by atoms with van der Waals surface area (Å²) in [5.41, 5.74) is 2.55. The van der Waals surface area contributed by atoms with Crippen molar-refractivity contribution in [1.29, 1.82) is 0 Å². The van der Waals surface area contributed by atoms with Crippen molar-refractivity contribution in [2.45, 2.75) is 25.8 Å². The van der Waals surface area contributed by atoms with E-state index >= 15 is 0 Å². The Kier molecular flexibility index (Phi) is 6.06. The van der Waals surface area contributed by atoms with Crippen molar-refractivity contribution < 1.29 is 14.3 Å². The third-order valence-corrected chi connectivity index (χ3v) is 5.34. The second-order valence-electron chi connectivity index (χ2n) is 7.41. The number of aromatic nitrogens is 1. The van der Waals surface area contributed by atoms with Crippen LogP contribution in [0.25, 0.3) is 10.9 Å². The fourth-order valence-corrected chi connectivity index (χ4v) is 3.69. The number of amides is 1. The van der Waals surface area contributed by atoms with Crippen LogP contribution in [0.15, 0.2) is 60.7 Å². The smallest absolute Gasteiger partial charge is 0.251 e. The number of para-hydroxylation sites is 1. The summed E-state index contributed by atoms with van der Waals surface area (Å²) in [6, 6.07) is 19.1. The number of pyridine rings is 1. The third kappa shape index (κ3) is 4.57. The summed E-state index contributed by atoms with van der Waals surface area (Å²) >= 11 is 0. The van der Waals surface area contributed by atoms with Gasteiger partial charge in [-0.15, -0.1) is 0 Å². The van der Waals surface area contributed by atoms with Gasteiger partial charge in [0.2, 0.25) is 5.88 Å². The normalized spacial score (nSPS) is 17.2. The van der Waals surface area contributed by atoms with Gasteiger partial charge in [0, 0.05) is 29.5 Å². The number of rotatable bonds is 7. The van der Waals surface area contributed by atoms with Gasteiger partial charge in [0.15, 0.2) is 0 Å². The summed E-state index contributed by atoms with van der Waals surface area (Å²) in [4.78, 5) is 17.4. The molecular weight excluding hydrogens is 364 g/mol. The molecule has 0 spiro atoms. The van der Waals surface area contributed by atoms with E-state index < -0.39 is 0 Å². The van der Waals surface area contributed by atoms with Crippen molar-refractivity contribution in [2.24, 2.45) is 5.92 Å². The Labute approximate surface area is 171 Å². The first-order valence-corrected chi connectivity index (χ1v) is 10.2. The first-order chi connectivity index (χ1) is 14.2. The zero-order valence-electron chi connectivity index (χ0n) is 16.6. The van der Waals surface area contributed by atoms with E-state index in [4.69, 9.17) is 9.47 Å². The largest absolute Gasteiger partial charge is 0.477 e. The lowest BCUT2D eigenvalue weighted by atomic mass is 9.99. The SMILES string of the molecule is CC[C@@H](NC(=O)c1ccccc1)c1cc(OC[C@@H]2CCOC2)nc2ccccc12. The van der Waals surface area contributed by atoms with Crippen molar-refractivity contribution in [3.8, 4) is 5.88 Å². The van der Waals surface area contributed by atoms with E-state index in [-0.39, 0.29) is 11.9 Å². The molecule has 1 aliphatic rings. The maximum absolute atomic E-state index is 12.7. The minimum absolute atomic E-state index is 0.0797. The topological polar surface area (TPSA) is 60.5 Å². The molecule has 0 bridgehead atoms. The van der Waals surface area contributed by atoms with Crippen LogP contribution in [0.1, 0.15) is 41.7 Å². The number of ether oxygens (including phenoxy) is 2. The Hall–Kier alpha value is -2.92. The number of carbonyl (C=O) groups excluding carboxylic acids is 1. The molecule has 4 rings (SSSR count). The van der Waals surface area contributed by atoms with Crippen LogP contribution in [0.2, 0.25) is 0 Å². The Morgan fingerprint density at radius 1 is 1.21 bits per heavy atom. The molecule has 1 N–H and O–H groups in total. The Balaban J connectivity index is 1.61. The molecule has 3 aromatic rings. The van der Waals surface area contributed by atoms with E-state index in [9.17, 15) is 4.79 Å². The minimum atomic E-state index is -0.132. The minimum Gasteiger partial charge on any atom is -0.477 e. The molecule has 2 heterocycles. The second kappa shape index (κ2) is 9.05. The average molecular weight is 390 g/mol. The van der Waals surface area contributed by atoms with Crippen LogP contribution in [0, 0.1) is 5.92 Å². The lowest BCUT2D eigenvalue weighted by molar-refractivity contribution is 0.0935. The van der Waals surface area contributed by atoms with Gasteiger partial charge in [-0.1, -0.05) is 43.3 Å². The Morgan fingerprint density at radius 2 is 2.00 bits per heavy atom. The molecule has 2 atom stereocenters. The van der Waals surface area contributed by atoms with Gasteiger partial charge >= 0.3 is 0 Å². The lowest BCUT2D eigenvalue weighted by Gasteiger charge is -2.21.